The van der Waals surface area contributed by atoms with Gasteiger partial charge in [-0.2, -0.15) is 13.2 Å². The predicted molar refractivity (Wildman–Crippen MR) is 73.7 cm³/mol. The maximum Gasteiger partial charge on any atom is 0.416 e. The Morgan fingerprint density at radius 3 is 2.43 bits per heavy atom. The van der Waals surface area contributed by atoms with Gasteiger partial charge in [0.1, 0.15) is 0 Å². The maximum atomic E-state index is 12.9. The number of alkyl halides is 3. The molecule has 0 atom stereocenters. The summed E-state index contributed by atoms with van der Waals surface area (Å²) < 4.78 is 43.8. The Labute approximate surface area is 121 Å². The van der Waals surface area contributed by atoms with Crippen molar-refractivity contribution in [1.82, 2.24) is 0 Å². The molecular weight excluding hydrogens is 285 g/mol. The molecule has 1 aromatic carbocycles. The molecule has 1 rings (SSSR count). The van der Waals surface area contributed by atoms with Gasteiger partial charge in [-0.25, -0.2) is 0 Å². The van der Waals surface area contributed by atoms with Crippen molar-refractivity contribution in [3.63, 3.8) is 0 Å². The topological polar surface area (TPSA) is 64.3 Å². The van der Waals surface area contributed by atoms with Crippen LogP contribution in [0.15, 0.2) is 18.2 Å². The molecule has 0 aliphatic carbocycles. The summed E-state index contributed by atoms with van der Waals surface area (Å²) in [5.74, 6) is -0.421. The predicted octanol–water partition coefficient (Wildman–Crippen LogP) is 2.92. The van der Waals surface area contributed by atoms with Gasteiger partial charge in [0, 0.05) is 19.3 Å². The zero-order chi connectivity index (χ0) is 16.3. The van der Waals surface area contributed by atoms with Gasteiger partial charge < -0.3 is 15.8 Å². The van der Waals surface area contributed by atoms with Crippen LogP contribution in [0.2, 0.25) is 0 Å². The number of hydrogen-bond acceptors (Lipinski definition) is 3. The van der Waals surface area contributed by atoms with E-state index in [4.69, 9.17) is 10.5 Å². The fourth-order valence-corrected chi connectivity index (χ4v) is 1.76. The maximum absolute atomic E-state index is 12.9. The lowest BCUT2D eigenvalue weighted by molar-refractivity contribution is -0.138. The standard InChI is InChI=1S/C14H19F3N2O2/c1-13(2,21-3)7-12(20)19-10-5-4-9(8-18)11(6-10)14(15,16)17/h4-6H,7-8,18H2,1-3H3,(H,19,20). The molecule has 7 heteroatoms. The summed E-state index contributed by atoms with van der Waals surface area (Å²) in [7, 11) is 1.46. The van der Waals surface area contributed by atoms with E-state index < -0.39 is 23.2 Å². The van der Waals surface area contributed by atoms with Gasteiger partial charge in [-0.1, -0.05) is 6.07 Å². The first-order chi connectivity index (χ1) is 9.59. The third-order valence-corrected chi connectivity index (χ3v) is 3.06. The van der Waals surface area contributed by atoms with Crippen LogP contribution >= 0.6 is 0 Å². The molecule has 0 spiro atoms. The molecule has 21 heavy (non-hydrogen) atoms. The smallest absolute Gasteiger partial charge is 0.378 e. The molecule has 0 saturated carbocycles. The van der Waals surface area contributed by atoms with Gasteiger partial charge in [0.15, 0.2) is 0 Å². The number of hydrogen-bond donors (Lipinski definition) is 2. The summed E-state index contributed by atoms with van der Waals surface area (Å²) in [5.41, 5.74) is 3.83. The minimum Gasteiger partial charge on any atom is -0.378 e. The summed E-state index contributed by atoms with van der Waals surface area (Å²) in [6.45, 7) is 3.20. The SMILES string of the molecule is COC(C)(C)CC(=O)Nc1ccc(CN)c(C(F)(F)F)c1. The van der Waals surface area contributed by atoms with E-state index in [1.54, 1.807) is 13.8 Å². The van der Waals surface area contributed by atoms with Crippen LogP contribution in [-0.4, -0.2) is 18.6 Å². The number of anilines is 1. The lowest BCUT2D eigenvalue weighted by Crippen LogP contribution is -2.29. The van der Waals surface area contributed by atoms with Crippen LogP contribution in [0.3, 0.4) is 0 Å². The van der Waals surface area contributed by atoms with E-state index in [0.29, 0.717) is 0 Å². The highest BCUT2D eigenvalue weighted by molar-refractivity contribution is 5.91. The van der Waals surface area contributed by atoms with E-state index >= 15 is 0 Å². The molecule has 0 unspecified atom stereocenters. The second-order valence-corrected chi connectivity index (χ2v) is 5.26. The number of carbonyl (C=O) groups excluding carboxylic acids is 1. The summed E-state index contributed by atoms with van der Waals surface area (Å²) >= 11 is 0. The Balaban J connectivity index is 2.93. The van der Waals surface area contributed by atoms with E-state index in [9.17, 15) is 18.0 Å². The monoisotopic (exact) mass is 304 g/mol. The van der Waals surface area contributed by atoms with E-state index in [0.717, 1.165) is 6.07 Å². The molecule has 0 saturated heterocycles. The Bertz CT molecular complexity index is 513. The highest BCUT2D eigenvalue weighted by Gasteiger charge is 2.33. The molecule has 0 heterocycles. The molecule has 0 radical (unpaired) electrons. The first-order valence-corrected chi connectivity index (χ1v) is 6.34. The Morgan fingerprint density at radius 1 is 1.33 bits per heavy atom. The van der Waals surface area contributed by atoms with Crippen molar-refractivity contribution >= 4 is 11.6 Å². The second-order valence-electron chi connectivity index (χ2n) is 5.26. The van der Waals surface area contributed by atoms with Crippen LogP contribution in [0.5, 0.6) is 0 Å². The molecule has 3 N–H and O–H groups in total. The minimum atomic E-state index is -4.51. The molecule has 1 amide bonds. The van der Waals surface area contributed by atoms with Crippen LogP contribution in [0.25, 0.3) is 0 Å². The van der Waals surface area contributed by atoms with Crippen LogP contribution in [0.1, 0.15) is 31.4 Å². The molecular formula is C14H19F3N2O2. The number of ether oxygens (including phenoxy) is 1. The van der Waals surface area contributed by atoms with Gasteiger partial charge in [-0.15, -0.1) is 0 Å². The van der Waals surface area contributed by atoms with Crippen LogP contribution in [0.4, 0.5) is 18.9 Å². The lowest BCUT2D eigenvalue weighted by atomic mass is 10.0. The third-order valence-electron chi connectivity index (χ3n) is 3.06. The molecule has 0 fully saturated rings. The zero-order valence-corrected chi connectivity index (χ0v) is 12.2. The van der Waals surface area contributed by atoms with Crippen molar-refractivity contribution in [2.24, 2.45) is 5.73 Å². The van der Waals surface area contributed by atoms with Crippen molar-refractivity contribution in [3.05, 3.63) is 29.3 Å². The summed E-state index contributed by atoms with van der Waals surface area (Å²) in [6, 6.07) is 3.55. The number of nitrogens with one attached hydrogen (secondary N) is 1. The van der Waals surface area contributed by atoms with Gasteiger partial charge >= 0.3 is 6.18 Å². The molecule has 1 aromatic rings. The lowest BCUT2D eigenvalue weighted by Gasteiger charge is -2.22. The van der Waals surface area contributed by atoms with Crippen LogP contribution < -0.4 is 11.1 Å². The average molecular weight is 304 g/mol. The number of nitrogens with two attached hydrogens (primary N) is 1. The number of benzene rings is 1. The van der Waals surface area contributed by atoms with Gasteiger partial charge in [0.25, 0.3) is 0 Å². The highest BCUT2D eigenvalue weighted by Crippen LogP contribution is 2.33. The normalized spacial score (nSPS) is 12.3. The Hall–Kier alpha value is -1.60. The minimum absolute atomic E-state index is 0.0160. The molecule has 0 aliphatic heterocycles. The van der Waals surface area contributed by atoms with E-state index in [1.807, 2.05) is 0 Å². The first kappa shape index (κ1) is 17.5. The summed E-state index contributed by atoms with van der Waals surface area (Å²) in [4.78, 5) is 11.8. The number of methoxy groups -OCH3 is 1. The van der Waals surface area contributed by atoms with Gasteiger partial charge in [0.2, 0.25) is 5.91 Å². The first-order valence-electron chi connectivity index (χ1n) is 6.34. The van der Waals surface area contributed by atoms with Crippen LogP contribution in [-0.2, 0) is 22.3 Å². The van der Waals surface area contributed by atoms with Crippen molar-refractivity contribution in [1.29, 1.82) is 0 Å². The molecule has 0 aliphatic rings. The van der Waals surface area contributed by atoms with E-state index in [-0.39, 0.29) is 24.2 Å². The van der Waals surface area contributed by atoms with Gasteiger partial charge in [-0.3, -0.25) is 4.79 Å². The van der Waals surface area contributed by atoms with E-state index in [1.165, 1.54) is 19.2 Å². The second kappa shape index (κ2) is 6.44. The van der Waals surface area contributed by atoms with Crippen LogP contribution in [0, 0.1) is 0 Å². The molecule has 0 aromatic heterocycles. The zero-order valence-electron chi connectivity index (χ0n) is 12.2. The number of carbonyl (C=O) groups is 1. The van der Waals surface area contributed by atoms with Crippen molar-refractivity contribution < 1.29 is 22.7 Å². The fourth-order valence-electron chi connectivity index (χ4n) is 1.76. The van der Waals surface area contributed by atoms with Crippen molar-refractivity contribution in [2.45, 2.75) is 38.6 Å². The van der Waals surface area contributed by atoms with Crippen molar-refractivity contribution in [2.75, 3.05) is 12.4 Å². The Kier molecular flexibility index (Phi) is 5.36. The van der Waals surface area contributed by atoms with Gasteiger partial charge in [0.05, 0.1) is 17.6 Å². The third kappa shape index (κ3) is 5.02. The summed E-state index contributed by atoms with van der Waals surface area (Å²) in [6.07, 6.45) is -4.48. The quantitative estimate of drug-likeness (QED) is 0.879. The average Bonchev–Trinajstić information content (AvgIpc) is 2.37. The van der Waals surface area contributed by atoms with E-state index in [2.05, 4.69) is 5.32 Å². The fraction of sp³-hybridized carbons (Fsp3) is 0.500. The number of amides is 1. The van der Waals surface area contributed by atoms with Crippen molar-refractivity contribution in [3.8, 4) is 0 Å². The van der Waals surface area contributed by atoms with Gasteiger partial charge in [-0.05, 0) is 31.5 Å². The summed E-state index contributed by atoms with van der Waals surface area (Å²) in [5, 5.41) is 2.44. The highest BCUT2D eigenvalue weighted by atomic mass is 19.4. The Morgan fingerprint density at radius 2 is 1.95 bits per heavy atom. The molecule has 4 nitrogen and oxygen atoms in total. The molecule has 118 valence electrons. The number of rotatable bonds is 5. The largest absolute Gasteiger partial charge is 0.416 e. The number of halogens is 3. The molecule has 0 bridgehead atoms.